The monoisotopic (exact) mass is 346 g/mol. The van der Waals surface area contributed by atoms with Crippen LogP contribution in [0, 0.1) is 0 Å². The third-order valence-electron chi connectivity index (χ3n) is 2.75. The largest absolute Gasteiger partial charge is 0.478 e. The van der Waals surface area contributed by atoms with E-state index in [4.69, 9.17) is 21.2 Å². The molecule has 5 nitrogen and oxygen atoms in total. The molecule has 0 atom stereocenters. The van der Waals surface area contributed by atoms with Crippen LogP contribution in [-0.4, -0.2) is 21.2 Å². The van der Waals surface area contributed by atoms with Gasteiger partial charge in [0.15, 0.2) is 5.82 Å². The predicted molar refractivity (Wildman–Crippen MR) is 95.5 cm³/mol. The Morgan fingerprint density at radius 2 is 2.12 bits per heavy atom. The minimum absolute atomic E-state index is 0.119. The maximum atomic E-state index is 10.9. The molecule has 1 aromatic heterocycles. The van der Waals surface area contributed by atoms with E-state index in [2.05, 4.69) is 16.7 Å². The number of nitrogens with zero attached hydrogens (tertiary/aromatic N) is 2. The van der Waals surface area contributed by atoms with E-state index in [0.29, 0.717) is 23.2 Å². The molecule has 0 fully saturated rings. The third kappa shape index (κ3) is 7.07. The average molecular weight is 347 g/mol. The number of rotatable bonds is 8. The molecule has 24 heavy (non-hydrogen) atoms. The van der Waals surface area contributed by atoms with Crippen molar-refractivity contribution in [3.8, 4) is 0 Å². The normalized spacial score (nSPS) is 13.9. The second-order valence-electron chi connectivity index (χ2n) is 4.78. The van der Waals surface area contributed by atoms with Crippen LogP contribution in [0.5, 0.6) is 0 Å². The molecular weight excluding hydrogens is 328 g/mol. The Hall–Kier alpha value is -2.66. The number of carboxylic acid groups (broad SMARTS) is 1. The minimum atomic E-state index is -1.02. The van der Waals surface area contributed by atoms with Crippen molar-refractivity contribution in [3.05, 3.63) is 77.0 Å². The standard InChI is InChI=1S/C18H19ClN2O3/c1-4-7-15(19)8-6-9-16-20-17(24-21-16)12-13(3)10-11-14(5-2)18(22)23/h4-11H,2,12H2,1,3H3,(H,22,23)/b7-4-,9-6+,13-10+,14-11+,15-8+. The Kier molecular flexibility index (Phi) is 8.22. The van der Waals surface area contributed by atoms with Crippen LogP contribution in [0.15, 0.2) is 69.8 Å². The Balaban J connectivity index is 2.73. The quantitative estimate of drug-likeness (QED) is 0.555. The first-order valence-electron chi connectivity index (χ1n) is 7.18. The molecule has 0 saturated heterocycles. The van der Waals surface area contributed by atoms with E-state index in [1.807, 2.05) is 19.9 Å². The number of hydrogen-bond donors (Lipinski definition) is 1. The zero-order valence-corrected chi connectivity index (χ0v) is 14.3. The molecule has 0 saturated carbocycles. The summed E-state index contributed by atoms with van der Waals surface area (Å²) in [6, 6.07) is 0. The van der Waals surface area contributed by atoms with Gasteiger partial charge in [-0.3, -0.25) is 0 Å². The second kappa shape index (κ2) is 10.2. The molecule has 126 valence electrons. The van der Waals surface area contributed by atoms with Gasteiger partial charge in [0, 0.05) is 11.5 Å². The average Bonchev–Trinajstić information content (AvgIpc) is 2.95. The summed E-state index contributed by atoms with van der Waals surface area (Å²) in [5.74, 6) is -0.147. The Labute approximate surface area is 146 Å². The summed E-state index contributed by atoms with van der Waals surface area (Å²) < 4.78 is 5.14. The highest BCUT2D eigenvalue weighted by molar-refractivity contribution is 6.31. The molecule has 0 bridgehead atoms. The molecule has 1 heterocycles. The first-order chi connectivity index (χ1) is 11.5. The highest BCUT2D eigenvalue weighted by atomic mass is 35.5. The van der Waals surface area contributed by atoms with Gasteiger partial charge in [0.1, 0.15) is 0 Å². The third-order valence-corrected chi connectivity index (χ3v) is 3.01. The Morgan fingerprint density at radius 1 is 1.38 bits per heavy atom. The smallest absolute Gasteiger partial charge is 0.335 e. The molecule has 6 heteroatoms. The van der Waals surface area contributed by atoms with E-state index >= 15 is 0 Å². The van der Waals surface area contributed by atoms with Crippen LogP contribution in [0.4, 0.5) is 0 Å². The van der Waals surface area contributed by atoms with E-state index < -0.39 is 5.97 Å². The fourth-order valence-corrected chi connectivity index (χ4v) is 1.80. The van der Waals surface area contributed by atoms with Crippen LogP contribution >= 0.6 is 11.6 Å². The molecule has 0 aliphatic heterocycles. The van der Waals surface area contributed by atoms with Crippen LogP contribution in [0.1, 0.15) is 25.6 Å². The van der Waals surface area contributed by atoms with Crippen molar-refractivity contribution in [1.82, 2.24) is 10.1 Å². The molecule has 0 radical (unpaired) electrons. The summed E-state index contributed by atoms with van der Waals surface area (Å²) in [5, 5.41) is 13.3. The number of allylic oxidation sites excluding steroid dienone is 8. The van der Waals surface area contributed by atoms with Crippen molar-refractivity contribution < 1.29 is 14.4 Å². The summed E-state index contributed by atoms with van der Waals surface area (Å²) in [7, 11) is 0. The predicted octanol–water partition coefficient (Wildman–Crippen LogP) is 4.47. The number of aromatic nitrogens is 2. The van der Waals surface area contributed by atoms with Crippen LogP contribution in [0.2, 0.25) is 0 Å². The van der Waals surface area contributed by atoms with Crippen LogP contribution in [-0.2, 0) is 11.2 Å². The summed E-state index contributed by atoms with van der Waals surface area (Å²) in [6.45, 7) is 7.18. The SMILES string of the molecule is C=C/C(=C\C=C(/C)Cc1nc(/C=C/C=C(Cl)\C=C/C)no1)C(=O)O. The van der Waals surface area contributed by atoms with Crippen molar-refractivity contribution in [2.75, 3.05) is 0 Å². The molecular formula is C18H19ClN2O3. The van der Waals surface area contributed by atoms with E-state index in [1.54, 1.807) is 30.4 Å². The lowest BCUT2D eigenvalue weighted by molar-refractivity contribution is -0.132. The molecule has 0 amide bonds. The first-order valence-corrected chi connectivity index (χ1v) is 7.56. The lowest BCUT2D eigenvalue weighted by Crippen LogP contribution is -1.96. The van der Waals surface area contributed by atoms with Crippen LogP contribution < -0.4 is 0 Å². The molecule has 0 aliphatic carbocycles. The van der Waals surface area contributed by atoms with Gasteiger partial charge >= 0.3 is 5.97 Å². The molecule has 1 rings (SSSR count). The van der Waals surface area contributed by atoms with Gasteiger partial charge in [-0.25, -0.2) is 4.79 Å². The maximum absolute atomic E-state index is 10.9. The summed E-state index contributed by atoms with van der Waals surface area (Å²) in [4.78, 5) is 15.1. The lowest BCUT2D eigenvalue weighted by atomic mass is 10.1. The van der Waals surface area contributed by atoms with E-state index in [9.17, 15) is 4.79 Å². The number of hydrogen-bond acceptors (Lipinski definition) is 4. The van der Waals surface area contributed by atoms with Crippen molar-refractivity contribution >= 4 is 23.6 Å². The fraction of sp³-hybridized carbons (Fsp3) is 0.167. The molecule has 0 aliphatic rings. The minimum Gasteiger partial charge on any atom is -0.478 e. The van der Waals surface area contributed by atoms with Gasteiger partial charge in [-0.05, 0) is 38.2 Å². The number of carbonyl (C=O) groups is 1. The lowest BCUT2D eigenvalue weighted by Gasteiger charge is -1.95. The number of halogens is 1. The zero-order valence-electron chi connectivity index (χ0n) is 13.6. The van der Waals surface area contributed by atoms with E-state index in [0.717, 1.165) is 5.57 Å². The van der Waals surface area contributed by atoms with Gasteiger partial charge < -0.3 is 9.63 Å². The first kappa shape index (κ1) is 19.4. The van der Waals surface area contributed by atoms with Crippen LogP contribution in [0.25, 0.3) is 6.08 Å². The molecule has 1 aromatic rings. The van der Waals surface area contributed by atoms with Gasteiger partial charge in [0.25, 0.3) is 0 Å². The van der Waals surface area contributed by atoms with E-state index in [-0.39, 0.29) is 5.57 Å². The number of aliphatic carboxylic acids is 1. The van der Waals surface area contributed by atoms with Gasteiger partial charge in [-0.15, -0.1) is 0 Å². The van der Waals surface area contributed by atoms with Gasteiger partial charge in [0.2, 0.25) is 5.89 Å². The van der Waals surface area contributed by atoms with Gasteiger partial charge in [-0.1, -0.05) is 53.2 Å². The molecule has 0 aromatic carbocycles. The van der Waals surface area contributed by atoms with Gasteiger partial charge in [0.05, 0.1) is 5.57 Å². The van der Waals surface area contributed by atoms with Crippen molar-refractivity contribution in [2.45, 2.75) is 20.3 Å². The molecule has 0 spiro atoms. The molecule has 0 unspecified atom stereocenters. The van der Waals surface area contributed by atoms with Gasteiger partial charge in [-0.2, -0.15) is 4.98 Å². The second-order valence-corrected chi connectivity index (χ2v) is 5.21. The topological polar surface area (TPSA) is 76.2 Å². The summed E-state index contributed by atoms with van der Waals surface area (Å²) in [5.41, 5.74) is 0.999. The highest BCUT2D eigenvalue weighted by Gasteiger charge is 2.05. The summed E-state index contributed by atoms with van der Waals surface area (Å²) >= 11 is 5.91. The molecule has 1 N–H and O–H groups in total. The number of carboxylic acids is 1. The van der Waals surface area contributed by atoms with Crippen molar-refractivity contribution in [3.63, 3.8) is 0 Å². The Bertz CT molecular complexity index is 737. The fourth-order valence-electron chi connectivity index (χ4n) is 1.60. The van der Waals surface area contributed by atoms with E-state index in [1.165, 1.54) is 12.2 Å². The van der Waals surface area contributed by atoms with Crippen molar-refractivity contribution in [1.29, 1.82) is 0 Å². The highest BCUT2D eigenvalue weighted by Crippen LogP contribution is 2.09. The van der Waals surface area contributed by atoms with Crippen LogP contribution in [0.3, 0.4) is 0 Å². The van der Waals surface area contributed by atoms with Crippen molar-refractivity contribution in [2.24, 2.45) is 0 Å². The summed E-state index contributed by atoms with van der Waals surface area (Å²) in [6.07, 6.45) is 13.6. The zero-order chi connectivity index (χ0) is 17.9. The maximum Gasteiger partial charge on any atom is 0.335 e. The Morgan fingerprint density at radius 3 is 2.75 bits per heavy atom.